The van der Waals surface area contributed by atoms with Crippen molar-refractivity contribution in [2.45, 2.75) is 0 Å². The van der Waals surface area contributed by atoms with E-state index >= 15 is 0 Å². The summed E-state index contributed by atoms with van der Waals surface area (Å²) in [4.78, 5) is 21.2. The lowest BCUT2D eigenvalue weighted by atomic mass is 10.1. The highest BCUT2D eigenvalue weighted by atomic mass is 16.5. The lowest BCUT2D eigenvalue weighted by molar-refractivity contribution is -0.122. The lowest BCUT2D eigenvalue weighted by Gasteiger charge is -2.10. The van der Waals surface area contributed by atoms with Gasteiger partial charge >= 0.3 is 5.97 Å². The molecule has 1 aromatic rings. The predicted octanol–water partition coefficient (Wildman–Crippen LogP) is -0.119. The number of hydrogen-bond acceptors (Lipinski definition) is 5. The van der Waals surface area contributed by atoms with Crippen molar-refractivity contribution in [3.63, 3.8) is 0 Å². The monoisotopic (exact) mass is 253 g/mol. The van der Waals surface area contributed by atoms with Crippen molar-refractivity contribution >= 4 is 23.3 Å². The first-order valence-electron chi connectivity index (χ1n) is 5.24. The molecule has 0 fully saturated rings. The minimum Gasteiger partial charge on any atom is -0.478 e. The van der Waals surface area contributed by atoms with Crippen LogP contribution in [0.4, 0.5) is 11.4 Å². The molecule has 0 aliphatic rings. The fourth-order valence-electron chi connectivity index (χ4n) is 1.34. The van der Waals surface area contributed by atoms with E-state index in [0.29, 0.717) is 12.2 Å². The number of anilines is 2. The number of aromatic carboxylic acids is 1. The molecule has 98 valence electrons. The van der Waals surface area contributed by atoms with E-state index in [9.17, 15) is 9.59 Å². The van der Waals surface area contributed by atoms with Gasteiger partial charge in [-0.15, -0.1) is 0 Å². The SMILES string of the molecule is NC(=O)COCCNc1cccc(C(=O)O)c1N. The van der Waals surface area contributed by atoms with E-state index in [1.807, 2.05) is 0 Å². The topological polar surface area (TPSA) is 128 Å². The third-order valence-electron chi connectivity index (χ3n) is 2.14. The van der Waals surface area contributed by atoms with Crippen molar-refractivity contribution in [3.8, 4) is 0 Å². The Morgan fingerprint density at radius 1 is 1.39 bits per heavy atom. The van der Waals surface area contributed by atoms with Crippen molar-refractivity contribution in [3.05, 3.63) is 23.8 Å². The number of hydrogen-bond donors (Lipinski definition) is 4. The van der Waals surface area contributed by atoms with Crippen LogP contribution >= 0.6 is 0 Å². The summed E-state index contributed by atoms with van der Waals surface area (Å²) in [6.07, 6.45) is 0. The number of carboxylic acid groups (broad SMARTS) is 1. The highest BCUT2D eigenvalue weighted by molar-refractivity contribution is 5.97. The molecule has 0 heterocycles. The van der Waals surface area contributed by atoms with Crippen LogP contribution in [0.2, 0.25) is 0 Å². The van der Waals surface area contributed by atoms with Crippen LogP contribution in [0.25, 0.3) is 0 Å². The van der Waals surface area contributed by atoms with E-state index in [1.54, 1.807) is 12.1 Å². The van der Waals surface area contributed by atoms with Gasteiger partial charge < -0.3 is 26.6 Å². The highest BCUT2D eigenvalue weighted by Crippen LogP contribution is 2.22. The molecule has 0 spiro atoms. The summed E-state index contributed by atoms with van der Waals surface area (Å²) in [5.41, 5.74) is 11.3. The average molecular weight is 253 g/mol. The van der Waals surface area contributed by atoms with Gasteiger partial charge in [-0.1, -0.05) is 6.07 Å². The van der Waals surface area contributed by atoms with Gasteiger partial charge in [-0.05, 0) is 12.1 Å². The zero-order valence-electron chi connectivity index (χ0n) is 9.68. The molecule has 0 aliphatic carbocycles. The molecule has 1 amide bonds. The van der Waals surface area contributed by atoms with Gasteiger partial charge in [0.25, 0.3) is 0 Å². The van der Waals surface area contributed by atoms with E-state index in [-0.39, 0.29) is 24.5 Å². The van der Waals surface area contributed by atoms with Gasteiger partial charge in [0.2, 0.25) is 5.91 Å². The number of carbonyl (C=O) groups excluding carboxylic acids is 1. The lowest BCUT2D eigenvalue weighted by Crippen LogP contribution is -2.20. The standard InChI is InChI=1S/C11H15N3O4/c12-9(15)6-18-5-4-14-8-3-1-2-7(10(8)13)11(16)17/h1-3,14H,4-6,13H2,(H2,12,15)(H,16,17). The van der Waals surface area contributed by atoms with E-state index < -0.39 is 11.9 Å². The maximum atomic E-state index is 10.8. The first kappa shape index (κ1) is 13.8. The summed E-state index contributed by atoms with van der Waals surface area (Å²) in [5, 5.41) is 11.8. The number of nitrogens with one attached hydrogen (secondary N) is 1. The average Bonchev–Trinajstić information content (AvgIpc) is 2.30. The van der Waals surface area contributed by atoms with Gasteiger partial charge in [0.15, 0.2) is 0 Å². The molecule has 0 radical (unpaired) electrons. The highest BCUT2D eigenvalue weighted by Gasteiger charge is 2.10. The number of carboxylic acids is 1. The number of nitrogen functional groups attached to an aromatic ring is 1. The van der Waals surface area contributed by atoms with Crippen LogP contribution in [-0.4, -0.2) is 36.7 Å². The number of ether oxygens (including phenoxy) is 1. The Morgan fingerprint density at radius 2 is 2.11 bits per heavy atom. The molecule has 0 unspecified atom stereocenters. The van der Waals surface area contributed by atoms with Crippen LogP contribution < -0.4 is 16.8 Å². The normalized spacial score (nSPS) is 10.0. The molecule has 0 aromatic heterocycles. The van der Waals surface area contributed by atoms with Crippen molar-refractivity contribution in [1.29, 1.82) is 0 Å². The molecular formula is C11H15N3O4. The minimum absolute atomic E-state index is 0.0399. The molecule has 6 N–H and O–H groups in total. The first-order valence-corrected chi connectivity index (χ1v) is 5.24. The largest absolute Gasteiger partial charge is 0.478 e. The van der Waals surface area contributed by atoms with Gasteiger partial charge in [-0.25, -0.2) is 4.79 Å². The number of para-hydroxylation sites is 1. The second kappa shape index (κ2) is 6.45. The van der Waals surface area contributed by atoms with Crippen molar-refractivity contribution in [1.82, 2.24) is 0 Å². The van der Waals surface area contributed by atoms with Crippen LogP contribution in [0.5, 0.6) is 0 Å². The number of primary amides is 1. The smallest absolute Gasteiger partial charge is 0.337 e. The summed E-state index contributed by atoms with van der Waals surface area (Å²) in [6.45, 7) is 0.507. The number of nitrogens with two attached hydrogens (primary N) is 2. The molecule has 0 aliphatic heterocycles. The Kier molecular flexibility index (Phi) is 4.94. The van der Waals surface area contributed by atoms with Crippen molar-refractivity contribution in [2.24, 2.45) is 5.73 Å². The number of amides is 1. The van der Waals surface area contributed by atoms with E-state index in [2.05, 4.69) is 5.32 Å². The maximum Gasteiger partial charge on any atom is 0.337 e. The zero-order chi connectivity index (χ0) is 13.5. The van der Waals surface area contributed by atoms with E-state index in [0.717, 1.165) is 0 Å². The van der Waals surface area contributed by atoms with Crippen LogP contribution in [0, 0.1) is 0 Å². The summed E-state index contributed by atoms with van der Waals surface area (Å²) in [7, 11) is 0. The maximum absolute atomic E-state index is 10.8. The number of benzene rings is 1. The minimum atomic E-state index is -1.08. The van der Waals surface area contributed by atoms with Gasteiger partial charge in [-0.3, -0.25) is 4.79 Å². The quantitative estimate of drug-likeness (QED) is 0.396. The summed E-state index contributed by atoms with van der Waals surface area (Å²) >= 11 is 0. The molecule has 7 nitrogen and oxygen atoms in total. The summed E-state index contributed by atoms with van der Waals surface area (Å²) in [6, 6.07) is 4.68. The van der Waals surface area contributed by atoms with Crippen LogP contribution in [0.3, 0.4) is 0 Å². The Bertz CT molecular complexity index is 448. The second-order valence-electron chi connectivity index (χ2n) is 3.52. The van der Waals surface area contributed by atoms with Crippen molar-refractivity contribution in [2.75, 3.05) is 30.8 Å². The van der Waals surface area contributed by atoms with Gasteiger partial charge in [0.1, 0.15) is 6.61 Å². The molecule has 18 heavy (non-hydrogen) atoms. The Hall–Kier alpha value is -2.28. The molecule has 1 rings (SSSR count). The van der Waals surface area contributed by atoms with Gasteiger partial charge in [0, 0.05) is 6.54 Å². The number of carbonyl (C=O) groups is 2. The van der Waals surface area contributed by atoms with Crippen LogP contribution in [0.1, 0.15) is 10.4 Å². The molecular weight excluding hydrogens is 238 g/mol. The molecule has 0 saturated heterocycles. The number of rotatable bonds is 7. The Balaban J connectivity index is 2.50. The molecule has 1 aromatic carbocycles. The van der Waals surface area contributed by atoms with Crippen LogP contribution in [0.15, 0.2) is 18.2 Å². The van der Waals surface area contributed by atoms with Crippen LogP contribution in [-0.2, 0) is 9.53 Å². The fourth-order valence-corrected chi connectivity index (χ4v) is 1.34. The molecule has 0 bridgehead atoms. The summed E-state index contributed by atoms with van der Waals surface area (Å²) < 4.78 is 4.94. The third-order valence-corrected chi connectivity index (χ3v) is 2.14. The Morgan fingerprint density at radius 3 is 2.72 bits per heavy atom. The third kappa shape index (κ3) is 3.95. The molecule has 7 heteroatoms. The van der Waals surface area contributed by atoms with E-state index in [1.165, 1.54) is 6.07 Å². The Labute approximate surface area is 104 Å². The van der Waals surface area contributed by atoms with E-state index in [4.69, 9.17) is 21.3 Å². The van der Waals surface area contributed by atoms with Gasteiger partial charge in [-0.2, -0.15) is 0 Å². The molecule has 0 atom stereocenters. The summed E-state index contributed by atoms with van der Waals surface area (Å²) in [5.74, 6) is -1.62. The van der Waals surface area contributed by atoms with Crippen molar-refractivity contribution < 1.29 is 19.4 Å². The first-order chi connectivity index (χ1) is 8.52. The zero-order valence-corrected chi connectivity index (χ0v) is 9.68. The molecule has 0 saturated carbocycles. The predicted molar refractivity (Wildman–Crippen MR) is 66.3 cm³/mol. The second-order valence-corrected chi connectivity index (χ2v) is 3.52. The fraction of sp³-hybridized carbons (Fsp3) is 0.273. The van der Waals surface area contributed by atoms with Gasteiger partial charge in [0.05, 0.1) is 23.5 Å².